The number of amides is 1. The molecule has 0 unspecified atom stereocenters. The smallest absolute Gasteiger partial charge is 0.245 e. The van der Waals surface area contributed by atoms with Crippen molar-refractivity contribution in [3.05, 3.63) is 48.9 Å². The fraction of sp³-hybridized carbons (Fsp3) is 0.133. The summed E-state index contributed by atoms with van der Waals surface area (Å²) in [5, 5.41) is 5.18. The van der Waals surface area contributed by atoms with Gasteiger partial charge in [0, 0.05) is 30.5 Å². The van der Waals surface area contributed by atoms with Gasteiger partial charge in [-0.1, -0.05) is 0 Å². The molecule has 0 spiro atoms. The number of hydrogen-bond acceptors (Lipinski definition) is 4. The average Bonchev–Trinajstić information content (AvgIpc) is 2.89. The third kappa shape index (κ3) is 2.36. The first-order valence-corrected chi connectivity index (χ1v) is 6.55. The number of fused-ring (bicyclic) bond motifs is 1. The molecule has 0 aliphatic rings. The fourth-order valence-corrected chi connectivity index (χ4v) is 2.31. The van der Waals surface area contributed by atoms with Crippen molar-refractivity contribution in [3.63, 3.8) is 0 Å². The van der Waals surface area contributed by atoms with Crippen LogP contribution in [0.2, 0.25) is 0 Å². The van der Waals surface area contributed by atoms with Crippen molar-refractivity contribution in [1.82, 2.24) is 14.8 Å². The molecule has 0 bridgehead atoms. The molecule has 6 heteroatoms. The van der Waals surface area contributed by atoms with E-state index in [1.165, 1.54) is 0 Å². The second kappa shape index (κ2) is 5.34. The zero-order chi connectivity index (χ0) is 14.8. The Hall–Kier alpha value is -2.73. The number of rotatable bonds is 3. The second-order valence-corrected chi connectivity index (χ2v) is 4.65. The van der Waals surface area contributed by atoms with Crippen molar-refractivity contribution < 1.29 is 4.79 Å². The van der Waals surface area contributed by atoms with Crippen molar-refractivity contribution >= 4 is 28.2 Å². The lowest BCUT2D eigenvalue weighted by Gasteiger charge is -2.22. The van der Waals surface area contributed by atoms with E-state index in [0.717, 1.165) is 22.3 Å². The van der Waals surface area contributed by atoms with Crippen LogP contribution in [0.25, 0.3) is 10.9 Å². The van der Waals surface area contributed by atoms with Crippen LogP contribution in [0.1, 0.15) is 0 Å². The molecule has 0 aliphatic heterocycles. The maximum Gasteiger partial charge on any atom is 0.245 e. The van der Waals surface area contributed by atoms with E-state index in [0.29, 0.717) is 0 Å². The van der Waals surface area contributed by atoms with Gasteiger partial charge in [-0.3, -0.25) is 19.4 Å². The Balaban J connectivity index is 2.12. The molecular formula is C15H15N5O. The maximum atomic E-state index is 12.2. The van der Waals surface area contributed by atoms with Gasteiger partial charge in [-0.25, -0.2) is 0 Å². The quantitative estimate of drug-likeness (QED) is 0.791. The van der Waals surface area contributed by atoms with Gasteiger partial charge in [-0.05, 0) is 30.3 Å². The van der Waals surface area contributed by atoms with Gasteiger partial charge >= 0.3 is 0 Å². The molecule has 6 nitrogen and oxygen atoms in total. The Bertz CT molecular complexity index is 781. The average molecular weight is 281 g/mol. The first-order valence-electron chi connectivity index (χ1n) is 6.55. The first kappa shape index (κ1) is 13.3. The first-order chi connectivity index (χ1) is 10.2. The van der Waals surface area contributed by atoms with E-state index >= 15 is 0 Å². The molecule has 0 saturated heterocycles. The van der Waals surface area contributed by atoms with Crippen molar-refractivity contribution in [2.75, 3.05) is 11.4 Å². The van der Waals surface area contributed by atoms with Gasteiger partial charge in [0.15, 0.2) is 0 Å². The SMILES string of the molecule is Cn1ncc2cc(N(C(=O)CN)c3ccncc3)ccc21. The molecule has 0 radical (unpaired) electrons. The summed E-state index contributed by atoms with van der Waals surface area (Å²) in [7, 11) is 1.88. The highest BCUT2D eigenvalue weighted by atomic mass is 16.2. The van der Waals surface area contributed by atoms with Crippen LogP contribution in [0.5, 0.6) is 0 Å². The summed E-state index contributed by atoms with van der Waals surface area (Å²) in [6.45, 7) is -0.0621. The Morgan fingerprint density at radius 2 is 2.00 bits per heavy atom. The van der Waals surface area contributed by atoms with Crippen LogP contribution in [0, 0.1) is 0 Å². The van der Waals surface area contributed by atoms with Gasteiger partial charge in [0.2, 0.25) is 5.91 Å². The van der Waals surface area contributed by atoms with Gasteiger partial charge in [-0.2, -0.15) is 5.10 Å². The van der Waals surface area contributed by atoms with Crippen LogP contribution >= 0.6 is 0 Å². The van der Waals surface area contributed by atoms with E-state index in [9.17, 15) is 4.79 Å². The number of aromatic nitrogens is 3. The summed E-state index contributed by atoms with van der Waals surface area (Å²) in [5.74, 6) is -0.176. The number of aryl methyl sites for hydroxylation is 1. The lowest BCUT2D eigenvalue weighted by atomic mass is 10.2. The number of carbonyl (C=O) groups excluding carboxylic acids is 1. The molecule has 3 aromatic rings. The lowest BCUT2D eigenvalue weighted by Crippen LogP contribution is -2.32. The number of benzene rings is 1. The molecule has 2 heterocycles. The Morgan fingerprint density at radius 3 is 2.71 bits per heavy atom. The third-order valence-corrected chi connectivity index (χ3v) is 3.33. The summed E-state index contributed by atoms with van der Waals surface area (Å²) in [5.41, 5.74) is 8.05. The summed E-state index contributed by atoms with van der Waals surface area (Å²) in [4.78, 5) is 17.8. The molecular weight excluding hydrogens is 266 g/mol. The van der Waals surface area contributed by atoms with Crippen LogP contribution in [0.3, 0.4) is 0 Å². The molecule has 106 valence electrons. The van der Waals surface area contributed by atoms with Gasteiger partial charge in [-0.15, -0.1) is 0 Å². The standard InChI is InChI=1S/C15H15N5O/c1-19-14-3-2-13(8-11(14)10-18-19)20(15(21)9-16)12-4-6-17-7-5-12/h2-8,10H,9,16H2,1H3. The third-order valence-electron chi connectivity index (χ3n) is 3.33. The van der Waals surface area contributed by atoms with E-state index < -0.39 is 0 Å². The van der Waals surface area contributed by atoms with E-state index in [-0.39, 0.29) is 12.5 Å². The molecule has 0 fully saturated rings. The van der Waals surface area contributed by atoms with E-state index in [2.05, 4.69) is 10.1 Å². The summed E-state index contributed by atoms with van der Waals surface area (Å²) in [6.07, 6.45) is 5.07. The number of nitrogens with two attached hydrogens (primary N) is 1. The highest BCUT2D eigenvalue weighted by Crippen LogP contribution is 2.28. The molecule has 1 amide bonds. The van der Waals surface area contributed by atoms with Crippen LogP contribution < -0.4 is 10.6 Å². The Morgan fingerprint density at radius 1 is 1.24 bits per heavy atom. The zero-order valence-electron chi connectivity index (χ0n) is 11.6. The predicted octanol–water partition coefficient (Wildman–Crippen LogP) is 1.59. The zero-order valence-corrected chi connectivity index (χ0v) is 11.6. The topological polar surface area (TPSA) is 77.0 Å². The minimum atomic E-state index is -0.176. The Labute approximate surface area is 121 Å². The number of nitrogens with zero attached hydrogens (tertiary/aromatic N) is 4. The molecule has 0 saturated carbocycles. The number of pyridine rings is 1. The van der Waals surface area contributed by atoms with Crippen molar-refractivity contribution in [3.8, 4) is 0 Å². The largest absolute Gasteiger partial charge is 0.322 e. The maximum absolute atomic E-state index is 12.2. The van der Waals surface area contributed by atoms with E-state index in [4.69, 9.17) is 5.73 Å². The molecule has 3 rings (SSSR count). The van der Waals surface area contributed by atoms with Crippen LogP contribution in [-0.2, 0) is 11.8 Å². The molecule has 1 aromatic carbocycles. The van der Waals surface area contributed by atoms with Gasteiger partial charge in [0.05, 0.1) is 23.9 Å². The fourth-order valence-electron chi connectivity index (χ4n) is 2.31. The van der Waals surface area contributed by atoms with E-state index in [1.54, 1.807) is 40.3 Å². The van der Waals surface area contributed by atoms with Crippen LogP contribution in [0.15, 0.2) is 48.9 Å². The van der Waals surface area contributed by atoms with Gasteiger partial charge in [0.25, 0.3) is 0 Å². The summed E-state index contributed by atoms with van der Waals surface area (Å²) in [6, 6.07) is 9.31. The second-order valence-electron chi connectivity index (χ2n) is 4.65. The summed E-state index contributed by atoms with van der Waals surface area (Å²) >= 11 is 0. The molecule has 0 aliphatic carbocycles. The molecule has 0 atom stereocenters. The lowest BCUT2D eigenvalue weighted by molar-refractivity contribution is -0.116. The normalized spacial score (nSPS) is 10.8. The molecule has 2 aromatic heterocycles. The van der Waals surface area contributed by atoms with Gasteiger partial charge in [0.1, 0.15) is 0 Å². The number of hydrogen-bond donors (Lipinski definition) is 1. The minimum absolute atomic E-state index is 0.0621. The van der Waals surface area contributed by atoms with Crippen molar-refractivity contribution in [1.29, 1.82) is 0 Å². The van der Waals surface area contributed by atoms with Crippen molar-refractivity contribution in [2.24, 2.45) is 12.8 Å². The molecule has 21 heavy (non-hydrogen) atoms. The monoisotopic (exact) mass is 281 g/mol. The van der Waals surface area contributed by atoms with Gasteiger partial charge < -0.3 is 5.73 Å². The predicted molar refractivity (Wildman–Crippen MR) is 81.2 cm³/mol. The van der Waals surface area contributed by atoms with Crippen LogP contribution in [0.4, 0.5) is 11.4 Å². The van der Waals surface area contributed by atoms with E-state index in [1.807, 2.05) is 25.2 Å². The number of carbonyl (C=O) groups is 1. The highest BCUT2D eigenvalue weighted by Gasteiger charge is 2.17. The minimum Gasteiger partial charge on any atom is -0.322 e. The summed E-state index contributed by atoms with van der Waals surface area (Å²) < 4.78 is 1.79. The Kier molecular flexibility index (Phi) is 3.37. The number of anilines is 2. The molecule has 2 N–H and O–H groups in total. The van der Waals surface area contributed by atoms with Crippen LogP contribution in [-0.4, -0.2) is 27.2 Å². The van der Waals surface area contributed by atoms with Crippen molar-refractivity contribution in [2.45, 2.75) is 0 Å². The highest BCUT2D eigenvalue weighted by molar-refractivity contribution is 6.02.